The molecule has 0 aliphatic rings. The maximum atomic E-state index is 13.6. The van der Waals surface area contributed by atoms with E-state index in [1.54, 1.807) is 37.3 Å². The Bertz CT molecular complexity index is 1210. The quantitative estimate of drug-likeness (QED) is 0.215. The van der Waals surface area contributed by atoms with Crippen molar-refractivity contribution in [3.8, 4) is 5.75 Å². The molecule has 0 saturated carbocycles. The minimum absolute atomic E-state index is 0.0179. The maximum Gasteiger partial charge on any atom is 0.338 e. The monoisotopic (exact) mass is 502 g/mol. The fourth-order valence-electron chi connectivity index (χ4n) is 3.24. The summed E-state index contributed by atoms with van der Waals surface area (Å²) in [4.78, 5) is 37.8. The minimum atomic E-state index is -0.626. The zero-order chi connectivity index (χ0) is 24.8. The maximum absolute atomic E-state index is 13.6. The van der Waals surface area contributed by atoms with Crippen LogP contribution in [0.25, 0.3) is 0 Å². The van der Waals surface area contributed by atoms with Crippen LogP contribution in [0, 0.1) is 10.1 Å². The van der Waals surface area contributed by atoms with Crippen molar-refractivity contribution in [2.75, 3.05) is 18.6 Å². The van der Waals surface area contributed by atoms with Gasteiger partial charge < -0.3 is 14.4 Å². The fourth-order valence-corrected chi connectivity index (χ4v) is 3.75. The molecular formula is C24H20Cl2N2O6. The van der Waals surface area contributed by atoms with Gasteiger partial charge in [-0.1, -0.05) is 29.3 Å². The van der Waals surface area contributed by atoms with Gasteiger partial charge in [0, 0.05) is 32.9 Å². The van der Waals surface area contributed by atoms with Crippen molar-refractivity contribution in [2.45, 2.75) is 13.5 Å². The highest BCUT2D eigenvalue weighted by atomic mass is 35.5. The standard InChI is InChI=1S/C24H20Cl2N2O6/c1-3-34-24(30)15-7-10-17(11-8-15)27(14-18-19(25)5-4-6-20(18)26)23(29)16-9-12-22(33-2)21(13-16)28(31)32/h4-13H,3,14H2,1-2H3. The number of methoxy groups -OCH3 is 1. The molecule has 1 amide bonds. The molecule has 10 heteroatoms. The Morgan fingerprint density at radius 2 is 1.62 bits per heavy atom. The van der Waals surface area contributed by atoms with Crippen LogP contribution < -0.4 is 9.64 Å². The van der Waals surface area contributed by atoms with E-state index in [0.717, 1.165) is 6.07 Å². The number of benzene rings is 3. The van der Waals surface area contributed by atoms with Gasteiger partial charge in [0.1, 0.15) is 0 Å². The lowest BCUT2D eigenvalue weighted by Gasteiger charge is -2.24. The molecule has 8 nitrogen and oxygen atoms in total. The summed E-state index contributed by atoms with van der Waals surface area (Å²) in [6.45, 7) is 1.91. The van der Waals surface area contributed by atoms with Gasteiger partial charge in [-0.3, -0.25) is 14.9 Å². The lowest BCUT2D eigenvalue weighted by atomic mass is 10.1. The van der Waals surface area contributed by atoms with Crippen LogP contribution >= 0.6 is 23.2 Å². The third-order valence-corrected chi connectivity index (χ3v) is 5.64. The van der Waals surface area contributed by atoms with Crippen molar-refractivity contribution in [3.05, 3.63) is 97.5 Å². The van der Waals surface area contributed by atoms with E-state index in [2.05, 4.69) is 0 Å². The number of carbonyl (C=O) groups excluding carboxylic acids is 2. The molecule has 0 saturated heterocycles. The number of anilines is 1. The number of esters is 1. The number of hydrogen-bond donors (Lipinski definition) is 0. The van der Waals surface area contributed by atoms with E-state index in [9.17, 15) is 19.7 Å². The van der Waals surface area contributed by atoms with Crippen LogP contribution in [0.4, 0.5) is 11.4 Å². The SMILES string of the molecule is CCOC(=O)c1ccc(N(Cc2c(Cl)cccc2Cl)C(=O)c2ccc(OC)c([N+](=O)[O-])c2)cc1. The third kappa shape index (κ3) is 5.47. The number of rotatable bonds is 8. The van der Waals surface area contributed by atoms with Crippen LogP contribution in [-0.2, 0) is 11.3 Å². The number of carbonyl (C=O) groups is 2. The van der Waals surface area contributed by atoms with Gasteiger partial charge in [0.05, 0.1) is 30.7 Å². The van der Waals surface area contributed by atoms with Crippen LogP contribution in [0.1, 0.15) is 33.2 Å². The van der Waals surface area contributed by atoms with E-state index in [4.69, 9.17) is 32.7 Å². The average molecular weight is 503 g/mol. The Morgan fingerprint density at radius 1 is 1.00 bits per heavy atom. The highest BCUT2D eigenvalue weighted by molar-refractivity contribution is 6.36. The van der Waals surface area contributed by atoms with Crippen LogP contribution in [0.3, 0.4) is 0 Å². The summed E-state index contributed by atoms with van der Waals surface area (Å²) in [5.41, 5.74) is 0.949. The second kappa shape index (κ2) is 11.0. The Balaban J connectivity index is 2.06. The highest BCUT2D eigenvalue weighted by Crippen LogP contribution is 2.32. The van der Waals surface area contributed by atoms with E-state index >= 15 is 0 Å². The normalized spacial score (nSPS) is 10.5. The molecule has 0 N–H and O–H groups in total. The summed E-state index contributed by atoms with van der Waals surface area (Å²) in [6.07, 6.45) is 0. The number of nitro benzene ring substituents is 1. The van der Waals surface area contributed by atoms with Gasteiger partial charge in [-0.25, -0.2) is 4.79 Å². The zero-order valence-electron chi connectivity index (χ0n) is 18.3. The summed E-state index contributed by atoms with van der Waals surface area (Å²) in [6, 6.07) is 15.1. The molecule has 0 aromatic heterocycles. The predicted molar refractivity (Wildman–Crippen MR) is 129 cm³/mol. The fraction of sp³-hybridized carbons (Fsp3) is 0.167. The first-order valence-electron chi connectivity index (χ1n) is 10.1. The molecular weight excluding hydrogens is 483 g/mol. The van der Waals surface area contributed by atoms with Crippen LogP contribution in [0.2, 0.25) is 10.0 Å². The summed E-state index contributed by atoms with van der Waals surface area (Å²) in [5.74, 6) is -1.00. The Hall–Kier alpha value is -3.62. The Morgan fingerprint density at radius 3 is 2.18 bits per heavy atom. The number of hydrogen-bond acceptors (Lipinski definition) is 6. The molecule has 34 heavy (non-hydrogen) atoms. The Kier molecular flexibility index (Phi) is 8.09. The number of ether oxygens (including phenoxy) is 2. The first kappa shape index (κ1) is 25.0. The summed E-state index contributed by atoms with van der Waals surface area (Å²) < 4.78 is 10.0. The molecule has 3 aromatic carbocycles. The van der Waals surface area contributed by atoms with Gasteiger partial charge >= 0.3 is 11.7 Å². The summed E-state index contributed by atoms with van der Waals surface area (Å²) in [5, 5.41) is 12.2. The highest BCUT2D eigenvalue weighted by Gasteiger charge is 2.24. The Labute approximate surface area is 205 Å². The van der Waals surface area contributed by atoms with E-state index in [1.165, 1.54) is 36.3 Å². The summed E-state index contributed by atoms with van der Waals surface area (Å²) in [7, 11) is 1.31. The molecule has 0 radical (unpaired) electrons. The second-order valence-corrected chi connectivity index (χ2v) is 7.82. The average Bonchev–Trinajstić information content (AvgIpc) is 2.83. The molecule has 176 valence electrons. The van der Waals surface area contributed by atoms with Crippen molar-refractivity contribution < 1.29 is 24.0 Å². The molecule has 0 bridgehead atoms. The van der Waals surface area contributed by atoms with Gasteiger partial charge in [0.25, 0.3) is 5.91 Å². The van der Waals surface area contributed by atoms with Crippen LogP contribution in [0.15, 0.2) is 60.7 Å². The molecule has 0 spiro atoms. The van der Waals surface area contributed by atoms with Crippen molar-refractivity contribution >= 4 is 46.5 Å². The smallest absolute Gasteiger partial charge is 0.338 e. The van der Waals surface area contributed by atoms with E-state index < -0.39 is 16.8 Å². The minimum Gasteiger partial charge on any atom is -0.490 e. The lowest BCUT2D eigenvalue weighted by molar-refractivity contribution is -0.385. The molecule has 0 unspecified atom stereocenters. The largest absolute Gasteiger partial charge is 0.490 e. The van der Waals surface area contributed by atoms with Gasteiger partial charge in [-0.15, -0.1) is 0 Å². The molecule has 0 fully saturated rings. The number of nitro groups is 1. The molecule has 0 aliphatic heterocycles. The van der Waals surface area contributed by atoms with Crippen LogP contribution in [0.5, 0.6) is 5.75 Å². The summed E-state index contributed by atoms with van der Waals surface area (Å²) >= 11 is 12.7. The molecule has 3 rings (SSSR count). The van der Waals surface area contributed by atoms with Crippen molar-refractivity contribution in [3.63, 3.8) is 0 Å². The number of nitrogens with zero attached hydrogens (tertiary/aromatic N) is 2. The first-order chi connectivity index (χ1) is 16.3. The third-order valence-electron chi connectivity index (χ3n) is 4.94. The van der Waals surface area contributed by atoms with Gasteiger partial charge in [0.15, 0.2) is 5.75 Å². The number of amides is 1. The van der Waals surface area contributed by atoms with Crippen molar-refractivity contribution in [1.82, 2.24) is 0 Å². The number of halogens is 2. The first-order valence-corrected chi connectivity index (χ1v) is 10.9. The molecule has 0 heterocycles. The van der Waals surface area contributed by atoms with E-state index in [1.807, 2.05) is 0 Å². The van der Waals surface area contributed by atoms with Crippen LogP contribution in [-0.4, -0.2) is 30.5 Å². The van der Waals surface area contributed by atoms with Gasteiger partial charge in [-0.2, -0.15) is 0 Å². The topological polar surface area (TPSA) is 99.0 Å². The van der Waals surface area contributed by atoms with Gasteiger partial charge in [0.2, 0.25) is 0 Å². The predicted octanol–water partition coefficient (Wildman–Crippen LogP) is 5.93. The molecule has 0 atom stereocenters. The molecule has 0 aliphatic carbocycles. The van der Waals surface area contributed by atoms with Crippen molar-refractivity contribution in [1.29, 1.82) is 0 Å². The second-order valence-electron chi connectivity index (χ2n) is 7.00. The van der Waals surface area contributed by atoms with Crippen molar-refractivity contribution in [2.24, 2.45) is 0 Å². The van der Waals surface area contributed by atoms with E-state index in [0.29, 0.717) is 26.9 Å². The van der Waals surface area contributed by atoms with E-state index in [-0.39, 0.29) is 30.2 Å². The lowest BCUT2D eigenvalue weighted by Crippen LogP contribution is -2.30. The zero-order valence-corrected chi connectivity index (χ0v) is 19.8. The van der Waals surface area contributed by atoms with Gasteiger partial charge in [-0.05, 0) is 55.5 Å². The molecule has 3 aromatic rings.